The van der Waals surface area contributed by atoms with Crippen LogP contribution in [-0.4, -0.2) is 30.3 Å². The molecule has 0 aliphatic rings. The van der Waals surface area contributed by atoms with Gasteiger partial charge in [0.1, 0.15) is 18.0 Å². The van der Waals surface area contributed by atoms with Gasteiger partial charge in [-0.2, -0.15) is 0 Å². The predicted molar refractivity (Wildman–Crippen MR) is 96.0 cm³/mol. The maximum atomic E-state index is 11.9. The Bertz CT molecular complexity index is 565. The number of carbonyl (C=O) groups is 2. The molecule has 2 amide bonds. The molecule has 0 aromatic heterocycles. The second-order valence-electron chi connectivity index (χ2n) is 7.20. The van der Waals surface area contributed by atoms with Crippen LogP contribution >= 0.6 is 0 Å². The Balaban J connectivity index is 2.57. The van der Waals surface area contributed by atoms with Crippen LogP contribution in [0.15, 0.2) is 24.3 Å². The molecule has 0 spiro atoms. The molecular formula is C18H29N3O4. The van der Waals surface area contributed by atoms with Gasteiger partial charge in [0.25, 0.3) is 0 Å². The van der Waals surface area contributed by atoms with Crippen molar-refractivity contribution in [3.05, 3.63) is 29.8 Å². The molecule has 7 heteroatoms. The zero-order valence-electron chi connectivity index (χ0n) is 15.6. The Morgan fingerprint density at radius 2 is 1.76 bits per heavy atom. The highest BCUT2D eigenvalue weighted by Crippen LogP contribution is 2.15. The molecule has 1 rings (SSSR count). The third-order valence-electron chi connectivity index (χ3n) is 3.39. The molecule has 1 aromatic carbocycles. The van der Waals surface area contributed by atoms with Crippen LogP contribution in [-0.2, 0) is 16.0 Å². The Kier molecular flexibility index (Phi) is 7.70. The minimum atomic E-state index is -0.544. The van der Waals surface area contributed by atoms with Gasteiger partial charge in [-0.1, -0.05) is 26.0 Å². The van der Waals surface area contributed by atoms with E-state index >= 15 is 0 Å². The summed E-state index contributed by atoms with van der Waals surface area (Å²) in [5, 5.41) is 2.84. The predicted octanol–water partition coefficient (Wildman–Crippen LogP) is 2.15. The molecule has 4 N–H and O–H groups in total. The van der Waals surface area contributed by atoms with Gasteiger partial charge in [-0.15, -0.1) is 0 Å². The zero-order valence-corrected chi connectivity index (χ0v) is 15.6. The average Bonchev–Trinajstić information content (AvgIpc) is 2.50. The molecular weight excluding hydrogens is 322 g/mol. The third-order valence-corrected chi connectivity index (χ3v) is 3.39. The summed E-state index contributed by atoms with van der Waals surface area (Å²) in [5.41, 5.74) is 2.38. The molecule has 0 saturated heterocycles. The number of benzene rings is 1. The van der Waals surface area contributed by atoms with Gasteiger partial charge in [0.15, 0.2) is 0 Å². The van der Waals surface area contributed by atoms with Gasteiger partial charge in [-0.3, -0.25) is 10.2 Å². The third kappa shape index (κ3) is 8.39. The number of alkyl carbamates (subject to hydrolysis) is 1. The van der Waals surface area contributed by atoms with Gasteiger partial charge >= 0.3 is 6.09 Å². The molecule has 1 aromatic rings. The summed E-state index contributed by atoms with van der Waals surface area (Å²) in [4.78, 5) is 23.2. The maximum Gasteiger partial charge on any atom is 0.407 e. The number of amides is 2. The van der Waals surface area contributed by atoms with Crippen molar-refractivity contribution in [2.75, 3.05) is 6.61 Å². The van der Waals surface area contributed by atoms with Crippen LogP contribution < -0.4 is 21.3 Å². The second-order valence-corrected chi connectivity index (χ2v) is 7.20. The normalized spacial score (nSPS) is 12.4. The van der Waals surface area contributed by atoms with Crippen molar-refractivity contribution in [3.63, 3.8) is 0 Å². The van der Waals surface area contributed by atoms with Crippen molar-refractivity contribution < 1.29 is 19.1 Å². The Morgan fingerprint density at radius 3 is 2.24 bits per heavy atom. The van der Waals surface area contributed by atoms with Crippen LogP contribution in [0.5, 0.6) is 5.75 Å². The van der Waals surface area contributed by atoms with E-state index in [1.807, 2.05) is 34.6 Å². The van der Waals surface area contributed by atoms with Crippen molar-refractivity contribution in [2.45, 2.75) is 52.7 Å². The lowest BCUT2D eigenvalue weighted by Gasteiger charge is -2.25. The van der Waals surface area contributed by atoms with Crippen molar-refractivity contribution >= 4 is 12.0 Å². The number of hydrazine groups is 1. The van der Waals surface area contributed by atoms with E-state index in [1.165, 1.54) is 0 Å². The minimum absolute atomic E-state index is 0.181. The summed E-state index contributed by atoms with van der Waals surface area (Å²) >= 11 is 0. The first kappa shape index (κ1) is 20.8. The van der Waals surface area contributed by atoms with Gasteiger partial charge in [-0.05, 0) is 44.4 Å². The molecule has 0 aliphatic carbocycles. The fourth-order valence-electron chi connectivity index (χ4n) is 1.99. The largest absolute Gasteiger partial charge is 0.491 e. The van der Waals surface area contributed by atoms with E-state index in [0.29, 0.717) is 12.4 Å². The van der Waals surface area contributed by atoms with Crippen molar-refractivity contribution in [2.24, 2.45) is 11.8 Å². The standard InChI is InChI=1S/C18H29N3O4/c1-12(2)15(20-17(23)25-18(3,4)5)11-24-14-8-6-13(7-9-14)10-16(22)21-19/h6-9,12,15H,10-11,19H2,1-5H3,(H,20,23)(H,21,22)/t15-/m1/s1. The summed E-state index contributed by atoms with van der Waals surface area (Å²) in [7, 11) is 0. The lowest BCUT2D eigenvalue weighted by Crippen LogP contribution is -2.45. The summed E-state index contributed by atoms with van der Waals surface area (Å²) in [6.45, 7) is 9.78. The van der Waals surface area contributed by atoms with Crippen LogP contribution in [0.4, 0.5) is 4.79 Å². The number of hydrogen-bond donors (Lipinski definition) is 3. The highest BCUT2D eigenvalue weighted by atomic mass is 16.6. The van der Waals surface area contributed by atoms with E-state index in [0.717, 1.165) is 5.56 Å². The molecule has 0 fully saturated rings. The van der Waals surface area contributed by atoms with Gasteiger partial charge in [0.05, 0.1) is 12.5 Å². The van der Waals surface area contributed by atoms with E-state index in [2.05, 4.69) is 10.7 Å². The van der Waals surface area contributed by atoms with E-state index in [9.17, 15) is 9.59 Å². The van der Waals surface area contributed by atoms with Crippen molar-refractivity contribution in [1.29, 1.82) is 0 Å². The van der Waals surface area contributed by atoms with E-state index in [-0.39, 0.29) is 24.3 Å². The molecule has 0 aliphatic heterocycles. The fourth-order valence-corrected chi connectivity index (χ4v) is 1.99. The first-order valence-corrected chi connectivity index (χ1v) is 8.31. The van der Waals surface area contributed by atoms with E-state index in [1.54, 1.807) is 24.3 Å². The van der Waals surface area contributed by atoms with Crippen LogP contribution in [0.2, 0.25) is 0 Å². The Labute approximate surface area is 149 Å². The number of nitrogens with one attached hydrogen (secondary N) is 2. The molecule has 25 heavy (non-hydrogen) atoms. The van der Waals surface area contributed by atoms with Gasteiger partial charge in [-0.25, -0.2) is 10.6 Å². The van der Waals surface area contributed by atoms with Crippen molar-refractivity contribution in [3.8, 4) is 5.75 Å². The molecule has 0 bridgehead atoms. The first-order chi connectivity index (χ1) is 11.6. The van der Waals surface area contributed by atoms with Crippen molar-refractivity contribution in [1.82, 2.24) is 10.7 Å². The zero-order chi connectivity index (χ0) is 19.0. The first-order valence-electron chi connectivity index (χ1n) is 8.31. The Hall–Kier alpha value is -2.28. The number of ether oxygens (including phenoxy) is 2. The van der Waals surface area contributed by atoms with Crippen LogP contribution in [0.1, 0.15) is 40.2 Å². The number of carbonyl (C=O) groups excluding carboxylic acids is 2. The lowest BCUT2D eigenvalue weighted by molar-refractivity contribution is -0.120. The highest BCUT2D eigenvalue weighted by molar-refractivity contribution is 5.77. The van der Waals surface area contributed by atoms with E-state index < -0.39 is 11.7 Å². The molecule has 0 heterocycles. The summed E-state index contributed by atoms with van der Waals surface area (Å²) in [5.74, 6) is 5.65. The molecule has 0 radical (unpaired) electrons. The van der Waals surface area contributed by atoms with Gasteiger partial charge in [0.2, 0.25) is 5.91 Å². The quantitative estimate of drug-likeness (QED) is 0.397. The van der Waals surface area contributed by atoms with Crippen LogP contribution in [0, 0.1) is 5.92 Å². The number of nitrogens with two attached hydrogens (primary N) is 1. The summed E-state index contributed by atoms with van der Waals surface area (Å²) in [6.07, 6.45) is -0.246. The highest BCUT2D eigenvalue weighted by Gasteiger charge is 2.22. The number of rotatable bonds is 7. The molecule has 0 unspecified atom stereocenters. The lowest BCUT2D eigenvalue weighted by atomic mass is 10.1. The molecule has 7 nitrogen and oxygen atoms in total. The summed E-state index contributed by atoms with van der Waals surface area (Å²) < 4.78 is 11.0. The minimum Gasteiger partial charge on any atom is -0.491 e. The van der Waals surface area contributed by atoms with Gasteiger partial charge < -0.3 is 14.8 Å². The molecule has 0 saturated carbocycles. The SMILES string of the molecule is CC(C)[C@@H](COc1ccc(CC(=O)NN)cc1)NC(=O)OC(C)(C)C. The van der Waals surface area contributed by atoms with Gasteiger partial charge in [0, 0.05) is 0 Å². The topological polar surface area (TPSA) is 103 Å². The second kappa shape index (κ2) is 9.27. The monoisotopic (exact) mass is 351 g/mol. The molecule has 140 valence electrons. The molecule has 1 atom stereocenters. The summed E-state index contributed by atoms with van der Waals surface area (Å²) in [6, 6.07) is 6.98. The number of hydrogen-bond acceptors (Lipinski definition) is 5. The van der Waals surface area contributed by atoms with Crippen LogP contribution in [0.3, 0.4) is 0 Å². The maximum absolute atomic E-state index is 11.9. The average molecular weight is 351 g/mol. The van der Waals surface area contributed by atoms with E-state index in [4.69, 9.17) is 15.3 Å². The smallest absolute Gasteiger partial charge is 0.407 e. The van der Waals surface area contributed by atoms with Crippen LogP contribution in [0.25, 0.3) is 0 Å². The fraction of sp³-hybridized carbons (Fsp3) is 0.556. The Morgan fingerprint density at radius 1 is 1.16 bits per heavy atom.